The maximum Gasteiger partial charge on any atom is 0.128 e. The zero-order chi connectivity index (χ0) is 15.2. The molecule has 0 bridgehead atoms. The molecule has 0 aromatic heterocycles. The largest absolute Gasteiger partial charge is 0.388 e. The van der Waals surface area contributed by atoms with Crippen molar-refractivity contribution in [3.8, 4) is 0 Å². The van der Waals surface area contributed by atoms with E-state index in [2.05, 4.69) is 0 Å². The second-order valence-electron chi connectivity index (χ2n) is 5.16. The summed E-state index contributed by atoms with van der Waals surface area (Å²) >= 11 is 0. The van der Waals surface area contributed by atoms with Crippen molar-refractivity contribution in [1.82, 2.24) is 4.90 Å². The topological polar surface area (TPSA) is 23.5 Å². The molecule has 4 heteroatoms. The molecule has 2 aromatic carbocycles. The van der Waals surface area contributed by atoms with Gasteiger partial charge >= 0.3 is 0 Å². The highest BCUT2D eigenvalue weighted by Crippen LogP contribution is 2.20. The number of halogens is 2. The molecule has 0 saturated carbocycles. The number of aliphatic hydroxyl groups excluding tert-OH is 1. The summed E-state index contributed by atoms with van der Waals surface area (Å²) in [5, 5.41) is 10.0. The van der Waals surface area contributed by atoms with Gasteiger partial charge in [-0.1, -0.05) is 36.4 Å². The lowest BCUT2D eigenvalue weighted by atomic mass is 10.1. The van der Waals surface area contributed by atoms with Crippen LogP contribution in [0.25, 0.3) is 0 Å². The number of hydrogen-bond donors (Lipinski definition) is 1. The van der Waals surface area contributed by atoms with E-state index in [9.17, 15) is 13.9 Å². The molecule has 112 valence electrons. The van der Waals surface area contributed by atoms with Crippen molar-refractivity contribution < 1.29 is 13.9 Å². The van der Waals surface area contributed by atoms with Gasteiger partial charge in [-0.3, -0.25) is 0 Å². The van der Waals surface area contributed by atoms with Crippen LogP contribution in [0.2, 0.25) is 0 Å². The molecule has 0 aliphatic carbocycles. The van der Waals surface area contributed by atoms with Crippen molar-refractivity contribution in [3.63, 3.8) is 0 Å². The molecule has 0 aliphatic rings. The van der Waals surface area contributed by atoms with E-state index in [0.29, 0.717) is 30.6 Å². The van der Waals surface area contributed by atoms with Gasteiger partial charge in [0.05, 0.1) is 6.10 Å². The van der Waals surface area contributed by atoms with E-state index < -0.39 is 11.9 Å². The van der Waals surface area contributed by atoms with E-state index in [1.54, 1.807) is 36.4 Å². The third-order valence-corrected chi connectivity index (χ3v) is 3.45. The SMILES string of the molecule is CN(CCC(O)c1ccccc1F)Cc1ccccc1F. The first-order valence-electron chi connectivity index (χ1n) is 6.92. The van der Waals surface area contributed by atoms with Gasteiger partial charge in [0.2, 0.25) is 0 Å². The summed E-state index contributed by atoms with van der Waals surface area (Å²) < 4.78 is 27.1. The molecule has 0 fully saturated rings. The molecular weight excluding hydrogens is 272 g/mol. The minimum atomic E-state index is -0.853. The van der Waals surface area contributed by atoms with Crippen molar-refractivity contribution in [1.29, 1.82) is 0 Å². The first kappa shape index (κ1) is 15.6. The Morgan fingerprint density at radius 3 is 2.29 bits per heavy atom. The summed E-state index contributed by atoms with van der Waals surface area (Å²) in [7, 11) is 1.85. The standard InChI is InChI=1S/C17H19F2NO/c1-20(12-13-6-2-4-8-15(13)18)11-10-17(21)14-7-3-5-9-16(14)19/h2-9,17,21H,10-12H2,1H3. The van der Waals surface area contributed by atoms with E-state index in [4.69, 9.17) is 0 Å². The number of hydrogen-bond acceptors (Lipinski definition) is 2. The lowest BCUT2D eigenvalue weighted by Crippen LogP contribution is -2.21. The van der Waals surface area contributed by atoms with Gasteiger partial charge < -0.3 is 10.0 Å². The van der Waals surface area contributed by atoms with Gasteiger partial charge in [0.1, 0.15) is 11.6 Å². The van der Waals surface area contributed by atoms with E-state index in [1.807, 2.05) is 11.9 Å². The van der Waals surface area contributed by atoms with Crippen LogP contribution < -0.4 is 0 Å². The first-order valence-corrected chi connectivity index (χ1v) is 6.92. The second kappa shape index (κ2) is 7.29. The third kappa shape index (κ3) is 4.34. The molecule has 0 aliphatic heterocycles. The van der Waals surface area contributed by atoms with E-state index >= 15 is 0 Å². The monoisotopic (exact) mass is 291 g/mol. The predicted octanol–water partition coefficient (Wildman–Crippen LogP) is 3.52. The van der Waals surface area contributed by atoms with Gasteiger partial charge in [-0.25, -0.2) is 8.78 Å². The minimum absolute atomic E-state index is 0.237. The summed E-state index contributed by atoms with van der Waals surface area (Å²) in [5.41, 5.74) is 0.914. The average Bonchev–Trinajstić information content (AvgIpc) is 2.48. The van der Waals surface area contributed by atoms with Crippen molar-refractivity contribution in [2.45, 2.75) is 19.1 Å². The van der Waals surface area contributed by atoms with Crippen LogP contribution in [0.1, 0.15) is 23.7 Å². The first-order chi connectivity index (χ1) is 10.1. The Hall–Kier alpha value is -1.78. The fourth-order valence-corrected chi connectivity index (χ4v) is 2.24. The maximum atomic E-state index is 13.5. The Kier molecular flexibility index (Phi) is 5.42. The van der Waals surface area contributed by atoms with Gasteiger partial charge in [0.25, 0.3) is 0 Å². The number of benzene rings is 2. The average molecular weight is 291 g/mol. The van der Waals surface area contributed by atoms with Crippen LogP contribution in [0, 0.1) is 11.6 Å². The molecule has 1 unspecified atom stereocenters. The maximum absolute atomic E-state index is 13.5. The zero-order valence-corrected chi connectivity index (χ0v) is 12.0. The second-order valence-corrected chi connectivity index (χ2v) is 5.16. The van der Waals surface area contributed by atoms with Crippen LogP contribution in [0.3, 0.4) is 0 Å². The Morgan fingerprint density at radius 1 is 1.00 bits per heavy atom. The summed E-state index contributed by atoms with van der Waals surface area (Å²) in [6, 6.07) is 12.8. The number of rotatable bonds is 6. The van der Waals surface area contributed by atoms with Crippen molar-refractivity contribution in [3.05, 3.63) is 71.3 Å². The Balaban J connectivity index is 1.88. The molecule has 2 aromatic rings. The number of aliphatic hydroxyl groups is 1. The van der Waals surface area contributed by atoms with Gasteiger partial charge in [-0.15, -0.1) is 0 Å². The lowest BCUT2D eigenvalue weighted by molar-refractivity contribution is 0.143. The summed E-state index contributed by atoms with van der Waals surface area (Å²) in [6.45, 7) is 1.00. The van der Waals surface area contributed by atoms with Crippen molar-refractivity contribution >= 4 is 0 Å². The van der Waals surface area contributed by atoms with Gasteiger partial charge in [0, 0.05) is 24.2 Å². The lowest BCUT2D eigenvalue weighted by Gasteiger charge is -2.19. The molecule has 0 heterocycles. The molecule has 0 spiro atoms. The van der Waals surface area contributed by atoms with Crippen LogP contribution in [0.5, 0.6) is 0 Å². The highest BCUT2D eigenvalue weighted by atomic mass is 19.1. The van der Waals surface area contributed by atoms with Crippen LogP contribution in [-0.2, 0) is 6.54 Å². The molecule has 0 saturated heterocycles. The molecule has 2 nitrogen and oxygen atoms in total. The quantitative estimate of drug-likeness (QED) is 0.880. The van der Waals surface area contributed by atoms with Crippen LogP contribution >= 0.6 is 0 Å². The Labute approximate surface area is 123 Å². The Bertz CT molecular complexity index is 589. The van der Waals surface area contributed by atoms with Crippen LogP contribution in [0.4, 0.5) is 8.78 Å². The van der Waals surface area contributed by atoms with Crippen molar-refractivity contribution in [2.75, 3.05) is 13.6 Å². The van der Waals surface area contributed by atoms with Crippen LogP contribution in [0.15, 0.2) is 48.5 Å². The molecular formula is C17H19F2NO. The van der Waals surface area contributed by atoms with Crippen molar-refractivity contribution in [2.24, 2.45) is 0 Å². The van der Waals surface area contributed by atoms with Gasteiger partial charge in [0.15, 0.2) is 0 Å². The Morgan fingerprint density at radius 2 is 1.62 bits per heavy atom. The molecule has 0 amide bonds. The van der Waals surface area contributed by atoms with E-state index in [1.165, 1.54) is 12.1 Å². The summed E-state index contributed by atoms with van der Waals surface area (Å²) in [6.07, 6.45) is -0.458. The fourth-order valence-electron chi connectivity index (χ4n) is 2.24. The fraction of sp³-hybridized carbons (Fsp3) is 0.294. The molecule has 1 atom stereocenters. The van der Waals surface area contributed by atoms with Gasteiger partial charge in [-0.2, -0.15) is 0 Å². The smallest absolute Gasteiger partial charge is 0.128 e. The third-order valence-electron chi connectivity index (χ3n) is 3.45. The number of nitrogens with zero attached hydrogens (tertiary/aromatic N) is 1. The predicted molar refractivity (Wildman–Crippen MR) is 78.7 cm³/mol. The van der Waals surface area contributed by atoms with Crippen LogP contribution in [-0.4, -0.2) is 23.6 Å². The highest BCUT2D eigenvalue weighted by molar-refractivity contribution is 5.20. The molecule has 21 heavy (non-hydrogen) atoms. The minimum Gasteiger partial charge on any atom is -0.388 e. The molecule has 2 rings (SSSR count). The summed E-state index contributed by atoms with van der Waals surface area (Å²) in [5.74, 6) is -0.638. The zero-order valence-electron chi connectivity index (χ0n) is 12.0. The molecule has 0 radical (unpaired) electrons. The van der Waals surface area contributed by atoms with E-state index in [0.717, 1.165) is 0 Å². The molecule has 1 N–H and O–H groups in total. The van der Waals surface area contributed by atoms with Gasteiger partial charge in [-0.05, 0) is 25.6 Å². The van der Waals surface area contributed by atoms with E-state index in [-0.39, 0.29) is 5.82 Å². The normalized spacial score (nSPS) is 12.6. The highest BCUT2D eigenvalue weighted by Gasteiger charge is 2.13. The summed E-state index contributed by atoms with van der Waals surface area (Å²) in [4.78, 5) is 1.91.